The Kier molecular flexibility index (Phi) is 5.07. The molecule has 1 aromatic heterocycles. The molecule has 0 spiro atoms. The van der Waals surface area contributed by atoms with E-state index in [0.717, 1.165) is 10.6 Å². The highest BCUT2D eigenvalue weighted by Gasteiger charge is 2.15. The van der Waals surface area contributed by atoms with Crippen molar-refractivity contribution < 1.29 is 17.0 Å². The fourth-order valence-corrected chi connectivity index (χ4v) is 1.76. The summed E-state index contributed by atoms with van der Waals surface area (Å²) in [5.41, 5.74) is 0.834. The summed E-state index contributed by atoms with van der Waals surface area (Å²) in [5.74, 6) is 0. The molecule has 0 N–H and O–H groups in total. The van der Waals surface area contributed by atoms with Gasteiger partial charge in [0.1, 0.15) is 0 Å². The Morgan fingerprint density at radius 3 is 2.06 bits per heavy atom. The van der Waals surface area contributed by atoms with Gasteiger partial charge in [-0.2, -0.15) is 4.57 Å². The number of hydrogen-bond donors (Lipinski definition) is 0. The molecular formula is C12H10Cl3N. The van der Waals surface area contributed by atoms with Gasteiger partial charge in [0.05, 0.1) is 0 Å². The van der Waals surface area contributed by atoms with Crippen LogP contribution in [0.15, 0.2) is 54.9 Å². The molecule has 0 saturated carbocycles. The molecule has 2 rings (SSSR count). The van der Waals surface area contributed by atoms with E-state index < -0.39 is 0 Å². The molecule has 0 aliphatic rings. The summed E-state index contributed by atoms with van der Waals surface area (Å²) in [4.78, 5) is 0. The van der Waals surface area contributed by atoms with Crippen LogP contribution in [0, 0.1) is 0 Å². The Morgan fingerprint density at radius 1 is 0.938 bits per heavy atom. The molecule has 0 bridgehead atoms. The number of nitrogens with zero attached hydrogens (tertiary/aromatic N) is 1. The molecule has 1 atom stereocenters. The van der Waals surface area contributed by atoms with Crippen molar-refractivity contribution in [1.29, 1.82) is 0 Å². The van der Waals surface area contributed by atoms with Crippen molar-refractivity contribution in [2.75, 3.05) is 0 Å². The summed E-state index contributed by atoms with van der Waals surface area (Å²) in [6, 6.07) is 13.4. The van der Waals surface area contributed by atoms with Gasteiger partial charge in [0, 0.05) is 22.7 Å². The minimum Gasteiger partial charge on any atom is -1.00 e. The first-order valence-electron chi connectivity index (χ1n) is 4.63. The summed E-state index contributed by atoms with van der Waals surface area (Å²) >= 11 is 12.1. The van der Waals surface area contributed by atoms with Crippen LogP contribution >= 0.6 is 23.2 Å². The van der Waals surface area contributed by atoms with Crippen LogP contribution in [-0.2, 0) is 0 Å². The second-order valence-corrected chi connectivity index (χ2v) is 4.06. The van der Waals surface area contributed by atoms with Crippen LogP contribution in [0.5, 0.6) is 0 Å². The van der Waals surface area contributed by atoms with Crippen molar-refractivity contribution in [3.8, 4) is 0 Å². The lowest BCUT2D eigenvalue weighted by molar-refractivity contribution is -0.694. The highest BCUT2D eigenvalue weighted by atomic mass is 35.5. The van der Waals surface area contributed by atoms with Crippen molar-refractivity contribution in [1.82, 2.24) is 0 Å². The van der Waals surface area contributed by atoms with Gasteiger partial charge in [0.25, 0.3) is 5.50 Å². The Bertz CT molecular complexity index is 428. The second kappa shape index (κ2) is 6.09. The van der Waals surface area contributed by atoms with Crippen molar-refractivity contribution in [3.05, 3.63) is 65.4 Å². The lowest BCUT2D eigenvalue weighted by Crippen LogP contribution is -3.00. The van der Waals surface area contributed by atoms with Crippen LogP contribution < -0.4 is 17.0 Å². The average Bonchev–Trinajstić information content (AvgIpc) is 2.30. The molecule has 0 aliphatic heterocycles. The molecule has 1 aromatic carbocycles. The topological polar surface area (TPSA) is 3.88 Å². The van der Waals surface area contributed by atoms with Crippen LogP contribution in [0.25, 0.3) is 0 Å². The third kappa shape index (κ3) is 3.11. The minimum atomic E-state index is -0.191. The standard InChI is InChI=1S/C12H10Cl2N.ClH/c13-11-6-4-10(5-7-11)12(14)15-8-2-1-3-9-15;/h1-9,12H;1H/q+1;/p-1. The van der Waals surface area contributed by atoms with E-state index in [4.69, 9.17) is 23.2 Å². The molecule has 1 heterocycles. The van der Waals surface area contributed by atoms with Gasteiger partial charge in [-0.05, 0) is 35.9 Å². The van der Waals surface area contributed by atoms with E-state index in [1.54, 1.807) is 0 Å². The fraction of sp³-hybridized carbons (Fsp3) is 0.0833. The first-order chi connectivity index (χ1) is 7.27. The van der Waals surface area contributed by atoms with Crippen LogP contribution in [0.1, 0.15) is 11.1 Å². The van der Waals surface area contributed by atoms with Crippen molar-refractivity contribution in [2.45, 2.75) is 5.50 Å². The maximum Gasteiger partial charge on any atom is 0.258 e. The van der Waals surface area contributed by atoms with Crippen molar-refractivity contribution in [3.63, 3.8) is 0 Å². The zero-order valence-corrected chi connectivity index (χ0v) is 10.6. The van der Waals surface area contributed by atoms with E-state index in [2.05, 4.69) is 0 Å². The summed E-state index contributed by atoms with van der Waals surface area (Å²) in [5, 5.41) is 0.723. The molecule has 1 nitrogen and oxygen atoms in total. The van der Waals surface area contributed by atoms with Crippen molar-refractivity contribution >= 4 is 23.2 Å². The summed E-state index contributed by atoms with van der Waals surface area (Å²) in [6.45, 7) is 0. The van der Waals surface area contributed by atoms with Gasteiger partial charge in [-0.15, -0.1) is 0 Å². The van der Waals surface area contributed by atoms with Crippen LogP contribution in [0.3, 0.4) is 0 Å². The van der Waals surface area contributed by atoms with Gasteiger partial charge in [0.2, 0.25) is 0 Å². The lowest BCUT2D eigenvalue weighted by atomic mass is 10.2. The zero-order valence-electron chi connectivity index (χ0n) is 8.35. The monoisotopic (exact) mass is 273 g/mol. The van der Waals surface area contributed by atoms with Crippen LogP contribution in [0.2, 0.25) is 5.02 Å². The number of aromatic nitrogens is 1. The molecule has 2 aromatic rings. The Morgan fingerprint density at radius 2 is 1.50 bits per heavy atom. The Hall–Kier alpha value is -0.760. The number of hydrogen-bond acceptors (Lipinski definition) is 0. The number of pyridine rings is 1. The van der Waals surface area contributed by atoms with Gasteiger partial charge in [-0.3, -0.25) is 0 Å². The first-order valence-corrected chi connectivity index (χ1v) is 5.44. The second-order valence-electron chi connectivity index (χ2n) is 3.21. The van der Waals surface area contributed by atoms with Gasteiger partial charge in [0.15, 0.2) is 12.4 Å². The number of rotatable bonds is 2. The van der Waals surface area contributed by atoms with E-state index >= 15 is 0 Å². The van der Waals surface area contributed by atoms with Crippen molar-refractivity contribution in [2.24, 2.45) is 0 Å². The third-order valence-corrected chi connectivity index (χ3v) is 2.87. The van der Waals surface area contributed by atoms with Gasteiger partial charge >= 0.3 is 0 Å². The van der Waals surface area contributed by atoms with Crippen LogP contribution in [-0.4, -0.2) is 0 Å². The summed E-state index contributed by atoms with van der Waals surface area (Å²) in [7, 11) is 0. The average molecular weight is 275 g/mol. The van der Waals surface area contributed by atoms with E-state index in [0.29, 0.717) is 0 Å². The molecule has 0 aliphatic carbocycles. The Labute approximate surface area is 111 Å². The Balaban J connectivity index is 0.00000128. The van der Waals surface area contributed by atoms with E-state index in [9.17, 15) is 0 Å². The van der Waals surface area contributed by atoms with Gasteiger partial charge in [-0.25, -0.2) is 0 Å². The highest BCUT2D eigenvalue weighted by Crippen LogP contribution is 2.18. The fourth-order valence-electron chi connectivity index (χ4n) is 1.36. The SMILES string of the molecule is Clc1ccc(C(Cl)[n+]2ccccc2)cc1.[Cl-]. The largest absolute Gasteiger partial charge is 1.00 e. The van der Waals surface area contributed by atoms with E-state index in [1.165, 1.54) is 0 Å². The lowest BCUT2D eigenvalue weighted by Gasteiger charge is -2.04. The molecule has 1 unspecified atom stereocenters. The van der Waals surface area contributed by atoms with E-state index in [1.807, 2.05) is 59.4 Å². The predicted molar refractivity (Wildman–Crippen MR) is 62.1 cm³/mol. The summed E-state index contributed by atoms with van der Waals surface area (Å²) in [6.07, 6.45) is 3.87. The quantitative estimate of drug-likeness (QED) is 0.552. The molecular weight excluding hydrogens is 264 g/mol. The molecule has 4 heteroatoms. The number of alkyl halides is 1. The number of halogens is 3. The molecule has 0 saturated heterocycles. The smallest absolute Gasteiger partial charge is 0.258 e. The molecule has 0 radical (unpaired) electrons. The summed E-state index contributed by atoms with van der Waals surface area (Å²) < 4.78 is 1.94. The molecule has 84 valence electrons. The zero-order chi connectivity index (χ0) is 10.7. The molecule has 0 fully saturated rings. The maximum absolute atomic E-state index is 6.30. The minimum absolute atomic E-state index is 0. The first kappa shape index (κ1) is 13.3. The van der Waals surface area contributed by atoms with E-state index in [-0.39, 0.29) is 17.9 Å². The molecule has 0 amide bonds. The van der Waals surface area contributed by atoms with Gasteiger partial charge < -0.3 is 12.4 Å². The number of benzene rings is 1. The van der Waals surface area contributed by atoms with Gasteiger partial charge in [-0.1, -0.05) is 17.7 Å². The molecule has 16 heavy (non-hydrogen) atoms. The maximum atomic E-state index is 6.30. The van der Waals surface area contributed by atoms with Crippen LogP contribution in [0.4, 0.5) is 0 Å². The third-order valence-electron chi connectivity index (χ3n) is 2.15. The predicted octanol–water partition coefficient (Wildman–Crippen LogP) is 0.417. The normalized spacial score (nSPS) is 11.6. The highest BCUT2D eigenvalue weighted by molar-refractivity contribution is 6.30.